The molecular weight excluding hydrogens is 734 g/mol. The van der Waals surface area contributed by atoms with Crippen LogP contribution in [0.5, 0.6) is 5.75 Å². The second-order valence-electron chi connectivity index (χ2n) is 12.1. The van der Waals surface area contributed by atoms with E-state index in [4.69, 9.17) is 9.97 Å². The van der Waals surface area contributed by atoms with Gasteiger partial charge in [0, 0.05) is 49.5 Å². The fraction of sp³-hybridized carbons (Fsp3) is 0.150. The molecule has 2 aromatic heterocycles. The van der Waals surface area contributed by atoms with E-state index in [2.05, 4.69) is 99.0 Å². The Bertz CT molecular complexity index is 2110. The summed E-state index contributed by atoms with van der Waals surface area (Å²) in [5.41, 5.74) is 9.14. The van der Waals surface area contributed by atoms with Crippen molar-refractivity contribution in [1.82, 2.24) is 9.97 Å². The van der Waals surface area contributed by atoms with E-state index >= 15 is 0 Å². The molecule has 0 aliphatic carbocycles. The van der Waals surface area contributed by atoms with Crippen molar-refractivity contribution >= 4 is 28.1 Å². The van der Waals surface area contributed by atoms with E-state index in [0.717, 1.165) is 44.8 Å². The number of para-hydroxylation sites is 2. The largest absolute Gasteiger partial charge is 0.506 e. The van der Waals surface area contributed by atoms with Gasteiger partial charge in [0.05, 0.1) is 0 Å². The van der Waals surface area contributed by atoms with Gasteiger partial charge in [-0.15, -0.1) is 23.8 Å². The minimum Gasteiger partial charge on any atom is -0.506 e. The first-order chi connectivity index (χ1) is 21.3. The number of phenols is 1. The van der Waals surface area contributed by atoms with Crippen molar-refractivity contribution < 1.29 is 26.2 Å². The molecule has 0 spiro atoms. The van der Waals surface area contributed by atoms with Gasteiger partial charge in [-0.25, -0.2) is 4.98 Å². The summed E-state index contributed by atoms with van der Waals surface area (Å²) >= 11 is 0. The number of hydrogen-bond donors (Lipinski definition) is 1. The number of nitrogens with zero attached hydrogens (tertiary/aromatic N) is 3. The molecule has 3 heterocycles. The van der Waals surface area contributed by atoms with Crippen molar-refractivity contribution in [2.75, 3.05) is 4.90 Å². The van der Waals surface area contributed by atoms with Crippen molar-refractivity contribution in [2.45, 2.75) is 39.0 Å². The predicted octanol–water partition coefficient (Wildman–Crippen LogP) is 9.43. The van der Waals surface area contributed by atoms with Crippen LogP contribution in [0.2, 0.25) is 0 Å². The Morgan fingerprint density at radius 2 is 1.60 bits per heavy atom. The van der Waals surface area contributed by atoms with E-state index in [1.165, 1.54) is 11.1 Å². The summed E-state index contributed by atoms with van der Waals surface area (Å²) in [6, 6.07) is 38.2. The molecule has 5 heteroatoms. The predicted molar refractivity (Wildman–Crippen MR) is 179 cm³/mol. The molecule has 1 aliphatic heterocycles. The molecular formula is C40H32N3OPt-. The zero-order valence-electron chi connectivity index (χ0n) is 25.6. The van der Waals surface area contributed by atoms with Gasteiger partial charge in [0.15, 0.2) is 0 Å². The van der Waals surface area contributed by atoms with Crippen LogP contribution in [0.3, 0.4) is 0 Å². The molecule has 6 aromatic rings. The zero-order chi connectivity index (χ0) is 30.4. The van der Waals surface area contributed by atoms with Crippen LogP contribution in [0.1, 0.15) is 61.4 Å². The standard InChI is InChI=1S/C40H32N3O.Pt/c1-26(2)28-21-22-41-38(25-28)43-35-15-9-8-14-32(35)40(3,4)33-20-19-30(24-36(33)43)34-23-29(18-17-27-11-6-5-7-12-27)31-13-10-16-37(44)39(31)42-34;/h5-16,19-23,25-26,44H,1-4H3;/q-1;. The Morgan fingerprint density at radius 3 is 2.40 bits per heavy atom. The number of hydrogen-bond acceptors (Lipinski definition) is 4. The number of pyridine rings is 2. The summed E-state index contributed by atoms with van der Waals surface area (Å²) in [7, 11) is 0. The fourth-order valence-corrected chi connectivity index (χ4v) is 6.06. The summed E-state index contributed by atoms with van der Waals surface area (Å²) < 4.78 is 0. The summed E-state index contributed by atoms with van der Waals surface area (Å²) in [5, 5.41) is 11.7. The molecule has 0 saturated carbocycles. The summed E-state index contributed by atoms with van der Waals surface area (Å²) in [6.45, 7) is 8.92. The number of phenolic OH excluding ortho intramolecular Hbond substituents is 1. The monoisotopic (exact) mass is 765 g/mol. The number of aromatic hydroxyl groups is 1. The van der Waals surface area contributed by atoms with Crippen LogP contribution in [0, 0.1) is 17.9 Å². The maximum atomic E-state index is 10.8. The van der Waals surface area contributed by atoms with Crippen LogP contribution < -0.4 is 4.90 Å². The first-order valence-electron chi connectivity index (χ1n) is 14.9. The second kappa shape index (κ2) is 12.0. The Balaban J connectivity index is 0.00000357. The van der Waals surface area contributed by atoms with Gasteiger partial charge in [-0.2, -0.15) is 0 Å². The van der Waals surface area contributed by atoms with Crippen LogP contribution in [-0.2, 0) is 26.5 Å². The molecule has 45 heavy (non-hydrogen) atoms. The molecule has 1 N–H and O–H groups in total. The molecule has 0 unspecified atom stereocenters. The van der Waals surface area contributed by atoms with Gasteiger partial charge in [0.1, 0.15) is 17.1 Å². The van der Waals surface area contributed by atoms with E-state index in [-0.39, 0.29) is 32.2 Å². The normalized spacial score (nSPS) is 13.0. The SMILES string of the molecule is CC(C)c1ccnc(N2c3[c-]c(-c4cc(C#Cc5ccccc5)c5cccc(O)c5n4)ccc3C(C)(C)c3ccccc32)c1.[Pt]. The van der Waals surface area contributed by atoms with Gasteiger partial charge in [-0.3, -0.25) is 4.98 Å². The van der Waals surface area contributed by atoms with Crippen LogP contribution >= 0.6 is 0 Å². The molecule has 224 valence electrons. The Kier molecular flexibility index (Phi) is 8.08. The maximum Gasteiger partial charge on any atom is 0.140 e. The summed E-state index contributed by atoms with van der Waals surface area (Å²) in [6.07, 6.45) is 1.89. The van der Waals surface area contributed by atoms with E-state index < -0.39 is 0 Å². The van der Waals surface area contributed by atoms with Crippen molar-refractivity contribution in [2.24, 2.45) is 0 Å². The molecule has 0 atom stereocenters. The molecule has 4 aromatic carbocycles. The number of rotatable bonds is 3. The molecule has 0 bridgehead atoms. The third kappa shape index (κ3) is 5.43. The van der Waals surface area contributed by atoms with Gasteiger partial charge >= 0.3 is 0 Å². The molecule has 1 aliphatic rings. The average molecular weight is 766 g/mol. The van der Waals surface area contributed by atoms with Gasteiger partial charge in [-0.1, -0.05) is 99.7 Å². The first-order valence-corrected chi connectivity index (χ1v) is 14.9. The van der Waals surface area contributed by atoms with Crippen molar-refractivity contribution in [3.8, 4) is 28.8 Å². The van der Waals surface area contributed by atoms with Crippen molar-refractivity contribution in [3.63, 3.8) is 0 Å². The van der Waals surface area contributed by atoms with Crippen LogP contribution in [-0.4, -0.2) is 15.1 Å². The third-order valence-corrected chi connectivity index (χ3v) is 8.51. The number of anilines is 3. The molecule has 0 radical (unpaired) electrons. The van der Waals surface area contributed by atoms with E-state index in [9.17, 15) is 5.11 Å². The van der Waals surface area contributed by atoms with Crippen LogP contribution in [0.4, 0.5) is 17.2 Å². The molecule has 7 rings (SSSR count). The van der Waals surface area contributed by atoms with Crippen LogP contribution in [0.15, 0.2) is 109 Å². The Hall–Kier alpha value is -4.71. The minimum absolute atomic E-state index is 0. The number of aromatic nitrogens is 2. The van der Waals surface area contributed by atoms with E-state index in [1.807, 2.05) is 54.7 Å². The van der Waals surface area contributed by atoms with Gasteiger partial charge in [0.25, 0.3) is 0 Å². The van der Waals surface area contributed by atoms with Crippen LogP contribution in [0.25, 0.3) is 22.2 Å². The maximum absolute atomic E-state index is 10.8. The fourth-order valence-electron chi connectivity index (χ4n) is 6.06. The van der Waals surface area contributed by atoms with E-state index in [1.54, 1.807) is 6.07 Å². The second-order valence-corrected chi connectivity index (χ2v) is 12.1. The van der Waals surface area contributed by atoms with Crippen molar-refractivity contribution in [1.29, 1.82) is 0 Å². The van der Waals surface area contributed by atoms with E-state index in [0.29, 0.717) is 17.1 Å². The molecule has 4 nitrogen and oxygen atoms in total. The minimum atomic E-state index is -0.255. The Morgan fingerprint density at radius 1 is 0.822 bits per heavy atom. The molecule has 0 saturated heterocycles. The Labute approximate surface area is 279 Å². The number of fused-ring (bicyclic) bond motifs is 3. The smallest absolute Gasteiger partial charge is 0.140 e. The molecule has 0 amide bonds. The zero-order valence-corrected chi connectivity index (χ0v) is 27.8. The summed E-state index contributed by atoms with van der Waals surface area (Å²) in [5.74, 6) is 7.97. The quantitative estimate of drug-likeness (QED) is 0.144. The first kappa shape index (κ1) is 30.3. The average Bonchev–Trinajstić information content (AvgIpc) is 3.04. The number of benzene rings is 4. The topological polar surface area (TPSA) is 49.2 Å². The van der Waals surface area contributed by atoms with Gasteiger partial charge in [0.2, 0.25) is 0 Å². The molecule has 0 fully saturated rings. The van der Waals surface area contributed by atoms with Gasteiger partial charge in [-0.05, 0) is 70.2 Å². The summed E-state index contributed by atoms with van der Waals surface area (Å²) in [4.78, 5) is 12.0. The van der Waals surface area contributed by atoms with Gasteiger partial charge < -0.3 is 10.0 Å². The van der Waals surface area contributed by atoms with Crippen molar-refractivity contribution in [3.05, 3.63) is 143 Å². The third-order valence-electron chi connectivity index (χ3n) is 8.51.